The Kier molecular flexibility index (Phi) is 6.67. The van der Waals surface area contributed by atoms with E-state index in [1.807, 2.05) is 10.4 Å². The zero-order chi connectivity index (χ0) is 28.5. The standard InChI is InChI=1S/C37H36Si.2CH3.Hf/c1-5-6-21-38(4,30-22-28-15-11-19-34(36(28)24-30)32-17-9-7-13-26(32)2)31-23-29-16-12-20-35(37(29)25-31)33-18-10-8-14-27(33)3;;;/h7-20,22-25H,5-6,21H2,1-4H3;2*1H3;. The van der Waals surface area contributed by atoms with Gasteiger partial charge in [0.05, 0.1) is 0 Å². The van der Waals surface area contributed by atoms with Gasteiger partial charge in [0.25, 0.3) is 0 Å². The van der Waals surface area contributed by atoms with Crippen molar-refractivity contribution in [2.24, 2.45) is 0 Å². The molecule has 0 spiro atoms. The second-order valence-corrected chi connectivity index (χ2v) is 35.1. The third-order valence-corrected chi connectivity index (χ3v) is 32.8. The SMILES string of the molecule is CCCC[Si]1(C)C2=Cc3c(-c4ccccc4C)cccc3[CH]2[Hf]([CH3])([CH3])[CH]2C1=Cc1c(-c3ccccc3C)cccc12. The molecular weight excluding hydrogens is 675 g/mol. The van der Waals surface area contributed by atoms with Gasteiger partial charge in [-0.1, -0.05) is 0 Å². The summed E-state index contributed by atoms with van der Waals surface area (Å²) < 4.78 is 6.96. The Morgan fingerprint density at radius 3 is 1.49 bits per heavy atom. The minimum atomic E-state index is -3.02. The number of rotatable bonds is 5. The molecule has 1 aliphatic heterocycles. The molecule has 0 bridgehead atoms. The Morgan fingerprint density at radius 2 is 1.05 bits per heavy atom. The average Bonchev–Trinajstić information content (AvgIpc) is 3.58. The Morgan fingerprint density at radius 1 is 0.610 bits per heavy atom. The van der Waals surface area contributed by atoms with E-state index in [4.69, 9.17) is 0 Å². The summed E-state index contributed by atoms with van der Waals surface area (Å²) in [5, 5.41) is 3.75. The van der Waals surface area contributed by atoms with Gasteiger partial charge in [0.1, 0.15) is 0 Å². The summed E-state index contributed by atoms with van der Waals surface area (Å²) in [4.78, 5) is 0. The van der Waals surface area contributed by atoms with Crippen LogP contribution in [0.25, 0.3) is 34.4 Å². The molecule has 0 nitrogen and oxygen atoms in total. The molecule has 1 fully saturated rings. The molecule has 0 aromatic heterocycles. The first-order valence-corrected chi connectivity index (χ1v) is 29.6. The number of fused-ring (bicyclic) bond motifs is 6. The van der Waals surface area contributed by atoms with Crippen molar-refractivity contribution in [2.45, 2.75) is 62.9 Å². The van der Waals surface area contributed by atoms with Gasteiger partial charge in [-0.05, 0) is 0 Å². The summed E-state index contributed by atoms with van der Waals surface area (Å²) in [6, 6.07) is 33.8. The molecule has 206 valence electrons. The number of hydrogen-bond donors (Lipinski definition) is 0. The van der Waals surface area contributed by atoms with Gasteiger partial charge >= 0.3 is 254 Å². The van der Waals surface area contributed by atoms with Crippen LogP contribution < -0.4 is 0 Å². The molecule has 4 aromatic rings. The van der Waals surface area contributed by atoms with Gasteiger partial charge < -0.3 is 0 Å². The van der Waals surface area contributed by atoms with Crippen LogP contribution in [0.5, 0.6) is 0 Å². The molecular formula is C39H42HfSi. The Balaban J connectivity index is 1.47. The zero-order valence-electron chi connectivity index (χ0n) is 25.5. The van der Waals surface area contributed by atoms with Crippen LogP contribution in [0.1, 0.15) is 60.5 Å². The number of aryl methyl sites for hydroxylation is 2. The molecule has 2 atom stereocenters. The van der Waals surface area contributed by atoms with E-state index < -0.39 is 28.0 Å². The van der Waals surface area contributed by atoms with Crippen molar-refractivity contribution in [3.05, 3.63) is 129 Å². The maximum atomic E-state index is 2.79. The normalized spacial score (nSPS) is 23.3. The van der Waals surface area contributed by atoms with Crippen LogP contribution in [-0.2, 0) is 20.0 Å². The Labute approximate surface area is 252 Å². The van der Waals surface area contributed by atoms with Crippen LogP contribution >= 0.6 is 0 Å². The van der Waals surface area contributed by atoms with Crippen molar-refractivity contribution in [3.8, 4) is 22.3 Å². The summed E-state index contributed by atoms with van der Waals surface area (Å²) in [6.07, 6.45) is 8.09. The number of allylic oxidation sites excluding steroid dienone is 2. The van der Waals surface area contributed by atoms with Crippen molar-refractivity contribution >= 4 is 20.2 Å². The van der Waals surface area contributed by atoms with Gasteiger partial charge in [0.15, 0.2) is 0 Å². The van der Waals surface area contributed by atoms with Gasteiger partial charge in [-0.3, -0.25) is 0 Å². The molecule has 7 rings (SSSR count). The summed E-state index contributed by atoms with van der Waals surface area (Å²) in [7, 11) is -1.90. The molecule has 4 aromatic carbocycles. The fraction of sp³-hybridized carbons (Fsp3) is 0.282. The molecule has 2 unspecified atom stereocenters. The molecule has 1 heterocycles. The maximum absolute atomic E-state index is 3.02. The van der Waals surface area contributed by atoms with Crippen LogP contribution in [0.15, 0.2) is 95.3 Å². The first-order valence-electron chi connectivity index (χ1n) is 15.6. The van der Waals surface area contributed by atoms with Crippen LogP contribution in [0, 0.1) is 13.8 Å². The Hall–Kier alpha value is -2.55. The monoisotopic (exact) mass is 718 g/mol. The van der Waals surface area contributed by atoms with E-state index in [-0.39, 0.29) is 0 Å². The summed E-state index contributed by atoms with van der Waals surface area (Å²) in [6.45, 7) is 9.67. The van der Waals surface area contributed by atoms with Crippen molar-refractivity contribution in [3.63, 3.8) is 0 Å². The topological polar surface area (TPSA) is 0 Å². The predicted octanol–water partition coefficient (Wildman–Crippen LogP) is 11.4. The van der Waals surface area contributed by atoms with Gasteiger partial charge in [-0.25, -0.2) is 0 Å². The van der Waals surface area contributed by atoms with Crippen LogP contribution in [0.2, 0.25) is 22.0 Å². The van der Waals surface area contributed by atoms with Crippen molar-refractivity contribution < 1.29 is 20.0 Å². The van der Waals surface area contributed by atoms with Crippen LogP contribution in [0.3, 0.4) is 0 Å². The number of hydrogen-bond acceptors (Lipinski definition) is 0. The zero-order valence-corrected chi connectivity index (χ0v) is 30.1. The van der Waals surface area contributed by atoms with E-state index >= 15 is 0 Å². The first kappa shape index (κ1) is 27.3. The molecule has 0 saturated carbocycles. The number of unbranched alkanes of at least 4 members (excludes halogenated alkanes) is 1. The second-order valence-electron chi connectivity index (χ2n) is 13.6. The van der Waals surface area contributed by atoms with E-state index in [0.29, 0.717) is 7.35 Å². The molecule has 2 heteroatoms. The molecule has 41 heavy (non-hydrogen) atoms. The predicted molar refractivity (Wildman–Crippen MR) is 178 cm³/mol. The van der Waals surface area contributed by atoms with E-state index in [1.54, 1.807) is 22.3 Å². The third kappa shape index (κ3) is 4.00. The molecule has 2 aliphatic carbocycles. The van der Waals surface area contributed by atoms with Gasteiger partial charge in [0, 0.05) is 0 Å². The second kappa shape index (κ2) is 10.0. The van der Waals surface area contributed by atoms with Crippen molar-refractivity contribution in [2.75, 3.05) is 0 Å². The quantitative estimate of drug-likeness (QED) is 0.180. The third-order valence-electron chi connectivity index (χ3n) is 10.8. The van der Waals surface area contributed by atoms with Crippen molar-refractivity contribution in [1.82, 2.24) is 0 Å². The van der Waals surface area contributed by atoms with Crippen LogP contribution in [0.4, 0.5) is 0 Å². The molecule has 0 radical (unpaired) electrons. The molecule has 1 saturated heterocycles. The van der Waals surface area contributed by atoms with E-state index in [9.17, 15) is 0 Å². The van der Waals surface area contributed by atoms with Crippen molar-refractivity contribution in [1.29, 1.82) is 0 Å². The molecule has 0 N–H and O–H groups in total. The fourth-order valence-electron chi connectivity index (χ4n) is 8.74. The van der Waals surface area contributed by atoms with Gasteiger partial charge in [0.2, 0.25) is 0 Å². The first-order chi connectivity index (χ1) is 19.8. The fourth-order valence-corrected chi connectivity index (χ4v) is 41.3. The number of benzene rings is 4. The average molecular weight is 717 g/mol. The molecule has 3 aliphatic rings. The van der Waals surface area contributed by atoms with Gasteiger partial charge in [-0.15, -0.1) is 0 Å². The summed E-state index contributed by atoms with van der Waals surface area (Å²) in [5.41, 5.74) is 14.8. The van der Waals surface area contributed by atoms with E-state index in [2.05, 4.69) is 134 Å². The Bertz CT molecular complexity index is 1630. The van der Waals surface area contributed by atoms with Gasteiger partial charge in [-0.2, -0.15) is 0 Å². The summed E-state index contributed by atoms with van der Waals surface area (Å²) >= 11 is -3.02. The molecule has 0 amide bonds. The summed E-state index contributed by atoms with van der Waals surface area (Å²) in [5.74, 6) is 0. The van der Waals surface area contributed by atoms with Crippen LogP contribution in [-0.4, -0.2) is 8.07 Å². The van der Waals surface area contributed by atoms with E-state index in [1.165, 1.54) is 52.3 Å². The minimum absolute atomic E-state index is 0.685. The van der Waals surface area contributed by atoms with E-state index in [0.717, 1.165) is 0 Å².